The molecule has 0 spiro atoms. The van der Waals surface area contributed by atoms with Crippen LogP contribution in [0.3, 0.4) is 0 Å². The number of aromatic nitrogens is 2. The summed E-state index contributed by atoms with van der Waals surface area (Å²) in [5.74, 6) is 0.342. The average Bonchev–Trinajstić information content (AvgIpc) is 3.22. The maximum absolute atomic E-state index is 12.9. The smallest absolute Gasteiger partial charge is 0.226 e. The van der Waals surface area contributed by atoms with E-state index in [1.807, 2.05) is 41.0 Å². The van der Waals surface area contributed by atoms with Crippen molar-refractivity contribution in [2.45, 2.75) is 25.8 Å². The zero-order valence-corrected chi connectivity index (χ0v) is 15.0. The van der Waals surface area contributed by atoms with Gasteiger partial charge in [0.25, 0.3) is 0 Å². The topological polar surface area (TPSA) is 38.1 Å². The largest absolute Gasteiger partial charge is 0.341 e. The third-order valence-corrected chi connectivity index (χ3v) is 5.20. The predicted molar refractivity (Wildman–Crippen MR) is 102 cm³/mol. The Morgan fingerprint density at radius 1 is 1.12 bits per heavy atom. The van der Waals surface area contributed by atoms with E-state index in [1.54, 1.807) is 6.20 Å². The minimum absolute atomic E-state index is 0.0956. The number of benzene rings is 2. The van der Waals surface area contributed by atoms with Crippen LogP contribution in [0.4, 0.5) is 0 Å². The van der Waals surface area contributed by atoms with Gasteiger partial charge in [-0.1, -0.05) is 36.4 Å². The number of hydrogen-bond donors (Lipinski definition) is 0. The van der Waals surface area contributed by atoms with Gasteiger partial charge in [0.2, 0.25) is 5.91 Å². The van der Waals surface area contributed by atoms with Crippen LogP contribution in [-0.2, 0) is 24.2 Å². The van der Waals surface area contributed by atoms with Crippen LogP contribution in [0.2, 0.25) is 0 Å². The van der Waals surface area contributed by atoms with Gasteiger partial charge < -0.3 is 4.90 Å². The van der Waals surface area contributed by atoms with E-state index in [1.165, 1.54) is 11.1 Å². The molecule has 0 radical (unpaired) electrons. The molecule has 0 fully saturated rings. The quantitative estimate of drug-likeness (QED) is 0.724. The maximum Gasteiger partial charge on any atom is 0.226 e. The number of carbonyl (C=O) groups is 1. The molecule has 0 saturated heterocycles. The number of amides is 1. The van der Waals surface area contributed by atoms with E-state index in [2.05, 4.69) is 41.5 Å². The Balaban J connectivity index is 1.40. The molecule has 1 heterocycles. The number of carbonyl (C=O) groups excluding carboxylic acids is 1. The van der Waals surface area contributed by atoms with Crippen molar-refractivity contribution in [1.82, 2.24) is 14.7 Å². The van der Waals surface area contributed by atoms with Crippen molar-refractivity contribution in [3.8, 4) is 5.69 Å². The highest BCUT2D eigenvalue weighted by Gasteiger charge is 2.26. The first kappa shape index (κ1) is 16.6. The van der Waals surface area contributed by atoms with Crippen LogP contribution >= 0.6 is 0 Å². The summed E-state index contributed by atoms with van der Waals surface area (Å²) >= 11 is 0. The van der Waals surface area contributed by atoms with Gasteiger partial charge in [-0.25, -0.2) is 4.68 Å². The van der Waals surface area contributed by atoms with E-state index in [0.29, 0.717) is 6.54 Å². The summed E-state index contributed by atoms with van der Waals surface area (Å²) in [6.45, 7) is 0.635. The molecule has 2 aromatic carbocycles. The minimum Gasteiger partial charge on any atom is -0.341 e. The Bertz CT molecular complexity index is 884. The number of hydrogen-bond acceptors (Lipinski definition) is 2. The monoisotopic (exact) mass is 345 g/mol. The lowest BCUT2D eigenvalue weighted by Crippen LogP contribution is -2.35. The Hall–Kier alpha value is -2.88. The Morgan fingerprint density at radius 2 is 1.88 bits per heavy atom. The number of fused-ring (bicyclic) bond motifs is 1. The van der Waals surface area contributed by atoms with Gasteiger partial charge in [0.05, 0.1) is 5.69 Å². The standard InChI is InChI=1S/C22H23N3O/c1-24(16-17-7-11-21(12-8-17)25-14-4-13-23-25)22(26)20-10-9-18-5-2-3-6-19(18)15-20/h2-8,11-14,20H,9-10,15-16H2,1H3/t20-/m1/s1. The number of nitrogens with zero attached hydrogens (tertiary/aromatic N) is 3. The molecule has 0 unspecified atom stereocenters. The molecule has 26 heavy (non-hydrogen) atoms. The minimum atomic E-state index is 0.0956. The van der Waals surface area contributed by atoms with Crippen molar-refractivity contribution in [2.75, 3.05) is 7.05 Å². The molecular weight excluding hydrogens is 322 g/mol. The van der Waals surface area contributed by atoms with Gasteiger partial charge in [0, 0.05) is 31.9 Å². The Labute approximate surface area is 154 Å². The highest BCUT2D eigenvalue weighted by molar-refractivity contribution is 5.79. The zero-order chi connectivity index (χ0) is 17.9. The van der Waals surface area contributed by atoms with E-state index in [0.717, 1.165) is 30.5 Å². The summed E-state index contributed by atoms with van der Waals surface area (Å²) in [6, 6.07) is 18.6. The lowest BCUT2D eigenvalue weighted by atomic mass is 9.83. The lowest BCUT2D eigenvalue weighted by molar-refractivity contribution is -0.135. The van der Waals surface area contributed by atoms with Crippen LogP contribution in [-0.4, -0.2) is 27.6 Å². The molecule has 4 nitrogen and oxygen atoms in total. The van der Waals surface area contributed by atoms with Crippen molar-refractivity contribution in [2.24, 2.45) is 5.92 Å². The fourth-order valence-electron chi connectivity index (χ4n) is 3.75. The van der Waals surface area contributed by atoms with Crippen molar-refractivity contribution in [3.63, 3.8) is 0 Å². The highest BCUT2D eigenvalue weighted by Crippen LogP contribution is 2.27. The Kier molecular flexibility index (Phi) is 4.57. The predicted octanol–water partition coefficient (Wildman–Crippen LogP) is 3.64. The normalized spacial score (nSPS) is 16.1. The SMILES string of the molecule is CN(Cc1ccc(-n2cccn2)cc1)C(=O)[C@@H]1CCc2ccccc2C1. The Morgan fingerprint density at radius 3 is 2.62 bits per heavy atom. The van der Waals surface area contributed by atoms with E-state index in [-0.39, 0.29) is 11.8 Å². The second-order valence-corrected chi connectivity index (χ2v) is 7.02. The second-order valence-electron chi connectivity index (χ2n) is 7.02. The van der Waals surface area contributed by atoms with Gasteiger partial charge in [-0.3, -0.25) is 4.79 Å². The van der Waals surface area contributed by atoms with E-state index >= 15 is 0 Å². The molecule has 0 N–H and O–H groups in total. The van der Waals surface area contributed by atoms with Gasteiger partial charge in [-0.2, -0.15) is 5.10 Å². The second kappa shape index (κ2) is 7.16. The van der Waals surface area contributed by atoms with Crippen LogP contribution < -0.4 is 0 Å². The first-order valence-corrected chi connectivity index (χ1v) is 9.11. The van der Waals surface area contributed by atoms with Crippen molar-refractivity contribution in [3.05, 3.63) is 83.7 Å². The third-order valence-electron chi connectivity index (χ3n) is 5.20. The number of rotatable bonds is 4. The van der Waals surface area contributed by atoms with E-state index < -0.39 is 0 Å². The molecule has 1 aliphatic rings. The van der Waals surface area contributed by atoms with E-state index in [4.69, 9.17) is 0 Å². The molecule has 1 amide bonds. The van der Waals surface area contributed by atoms with Crippen molar-refractivity contribution >= 4 is 5.91 Å². The van der Waals surface area contributed by atoms with Crippen LogP contribution in [0, 0.1) is 5.92 Å². The molecule has 1 aromatic heterocycles. The van der Waals surface area contributed by atoms with Gasteiger partial charge >= 0.3 is 0 Å². The van der Waals surface area contributed by atoms with Crippen molar-refractivity contribution in [1.29, 1.82) is 0 Å². The van der Waals surface area contributed by atoms with Crippen LogP contribution in [0.15, 0.2) is 67.0 Å². The molecule has 3 aromatic rings. The van der Waals surface area contributed by atoms with Gasteiger partial charge in [0.1, 0.15) is 0 Å². The first-order valence-electron chi connectivity index (χ1n) is 9.11. The molecular formula is C22H23N3O. The number of aryl methyl sites for hydroxylation is 1. The molecule has 4 heteroatoms. The maximum atomic E-state index is 12.9. The molecule has 1 atom stereocenters. The van der Waals surface area contributed by atoms with Gasteiger partial charge in [-0.05, 0) is 54.2 Å². The molecule has 0 saturated carbocycles. The van der Waals surface area contributed by atoms with Crippen LogP contribution in [0.25, 0.3) is 5.69 Å². The fourth-order valence-corrected chi connectivity index (χ4v) is 3.75. The first-order chi connectivity index (χ1) is 12.7. The zero-order valence-electron chi connectivity index (χ0n) is 15.0. The van der Waals surface area contributed by atoms with Crippen molar-refractivity contribution < 1.29 is 4.79 Å². The third kappa shape index (κ3) is 3.40. The highest BCUT2D eigenvalue weighted by atomic mass is 16.2. The fraction of sp³-hybridized carbons (Fsp3) is 0.273. The summed E-state index contributed by atoms with van der Waals surface area (Å²) in [5, 5.41) is 4.24. The summed E-state index contributed by atoms with van der Waals surface area (Å²) in [4.78, 5) is 14.7. The van der Waals surface area contributed by atoms with Gasteiger partial charge in [-0.15, -0.1) is 0 Å². The summed E-state index contributed by atoms with van der Waals surface area (Å²) in [5.41, 5.74) is 4.88. The molecule has 0 bridgehead atoms. The van der Waals surface area contributed by atoms with Crippen LogP contribution in [0.5, 0.6) is 0 Å². The molecule has 1 aliphatic carbocycles. The summed E-state index contributed by atoms with van der Waals surface area (Å²) < 4.78 is 1.83. The molecule has 132 valence electrons. The van der Waals surface area contributed by atoms with Crippen LogP contribution in [0.1, 0.15) is 23.1 Å². The summed E-state index contributed by atoms with van der Waals surface area (Å²) in [7, 11) is 1.91. The molecule has 4 rings (SSSR count). The van der Waals surface area contributed by atoms with E-state index in [9.17, 15) is 4.79 Å². The van der Waals surface area contributed by atoms with Gasteiger partial charge in [0.15, 0.2) is 0 Å². The lowest BCUT2D eigenvalue weighted by Gasteiger charge is -2.28. The average molecular weight is 345 g/mol. The molecule has 0 aliphatic heterocycles. The summed E-state index contributed by atoms with van der Waals surface area (Å²) in [6.07, 6.45) is 6.49.